The van der Waals surface area contributed by atoms with Gasteiger partial charge in [-0.05, 0) is 18.6 Å². The molecule has 1 atom stereocenters. The van der Waals surface area contributed by atoms with Crippen LogP contribution < -0.4 is 4.72 Å². The van der Waals surface area contributed by atoms with Crippen LogP contribution in [0.15, 0.2) is 23.1 Å². The highest BCUT2D eigenvalue weighted by Gasteiger charge is 2.22. The number of rotatable bonds is 6. The number of benzene rings is 1. The molecule has 0 heterocycles. The fourth-order valence-electron chi connectivity index (χ4n) is 1.26. The predicted octanol–water partition coefficient (Wildman–Crippen LogP) is 1.11. The highest BCUT2D eigenvalue weighted by molar-refractivity contribution is 7.89. The molecule has 0 fully saturated rings. The average molecular weight is 328 g/mol. The number of halogens is 2. The number of carboxylic acid groups (broad SMARTS) is 1. The van der Waals surface area contributed by atoms with E-state index < -0.39 is 22.1 Å². The summed E-state index contributed by atoms with van der Waals surface area (Å²) in [4.78, 5) is 10.1. The molecule has 9 heteroatoms. The van der Waals surface area contributed by atoms with Gasteiger partial charge < -0.3 is 10.2 Å². The van der Waals surface area contributed by atoms with E-state index in [-0.39, 0.29) is 27.9 Å². The Labute approximate surface area is 120 Å². The van der Waals surface area contributed by atoms with Gasteiger partial charge in [-0.3, -0.25) is 0 Å². The molecule has 3 N–H and O–H groups in total. The Morgan fingerprint density at radius 2 is 1.84 bits per heavy atom. The lowest BCUT2D eigenvalue weighted by Gasteiger charge is -2.10. The summed E-state index contributed by atoms with van der Waals surface area (Å²) < 4.78 is 26.0. The van der Waals surface area contributed by atoms with E-state index in [0.29, 0.717) is 0 Å². The first-order valence-electron chi connectivity index (χ1n) is 5.10. The van der Waals surface area contributed by atoms with Gasteiger partial charge in [-0.2, -0.15) is 0 Å². The van der Waals surface area contributed by atoms with Gasteiger partial charge in [0.15, 0.2) is 6.10 Å². The lowest BCUT2D eigenvalue weighted by molar-refractivity contribution is -0.146. The van der Waals surface area contributed by atoms with E-state index in [0.717, 1.165) is 0 Å². The quantitative estimate of drug-likeness (QED) is 0.726. The van der Waals surface area contributed by atoms with Gasteiger partial charge in [0, 0.05) is 6.54 Å². The second-order valence-corrected chi connectivity index (χ2v) is 6.11. The molecule has 0 spiro atoms. The van der Waals surface area contributed by atoms with Crippen molar-refractivity contribution < 1.29 is 23.4 Å². The van der Waals surface area contributed by atoms with Crippen LogP contribution >= 0.6 is 23.2 Å². The molecule has 0 aliphatic carbocycles. The Morgan fingerprint density at radius 3 is 2.32 bits per heavy atom. The summed E-state index contributed by atoms with van der Waals surface area (Å²) >= 11 is 11.5. The van der Waals surface area contributed by atoms with Gasteiger partial charge in [0.25, 0.3) is 0 Å². The fourth-order valence-corrected chi connectivity index (χ4v) is 3.45. The third kappa shape index (κ3) is 4.32. The summed E-state index contributed by atoms with van der Waals surface area (Å²) in [6, 6.07) is 4.24. The van der Waals surface area contributed by atoms with Crippen LogP contribution in [-0.2, 0) is 14.8 Å². The molecular formula is C10H11Cl2NO5S. The van der Waals surface area contributed by atoms with E-state index in [4.69, 9.17) is 33.4 Å². The number of aliphatic hydroxyl groups excluding tert-OH is 1. The summed E-state index contributed by atoms with van der Waals surface area (Å²) in [6.07, 6.45) is -1.90. The Bertz CT molecular complexity index is 555. The Morgan fingerprint density at radius 1 is 1.32 bits per heavy atom. The van der Waals surface area contributed by atoms with Crippen LogP contribution in [0.2, 0.25) is 10.0 Å². The van der Waals surface area contributed by atoms with Crippen LogP contribution in [0.4, 0.5) is 0 Å². The third-order valence-electron chi connectivity index (χ3n) is 2.18. The van der Waals surface area contributed by atoms with Gasteiger partial charge in [-0.1, -0.05) is 29.3 Å². The minimum absolute atomic E-state index is 0.0428. The van der Waals surface area contributed by atoms with Gasteiger partial charge in [0.2, 0.25) is 10.0 Å². The van der Waals surface area contributed by atoms with Crippen molar-refractivity contribution in [2.75, 3.05) is 6.54 Å². The second kappa shape index (κ2) is 6.53. The van der Waals surface area contributed by atoms with E-state index in [1.165, 1.54) is 18.2 Å². The van der Waals surface area contributed by atoms with Crippen molar-refractivity contribution in [3.8, 4) is 0 Å². The zero-order valence-electron chi connectivity index (χ0n) is 9.51. The maximum absolute atomic E-state index is 11.9. The summed E-state index contributed by atoms with van der Waals surface area (Å²) in [5, 5.41) is 17.4. The molecule has 0 aliphatic heterocycles. The molecule has 0 amide bonds. The average Bonchev–Trinajstić information content (AvgIpc) is 2.27. The van der Waals surface area contributed by atoms with Crippen molar-refractivity contribution in [2.24, 2.45) is 0 Å². The van der Waals surface area contributed by atoms with Gasteiger partial charge in [0.05, 0.1) is 10.0 Å². The van der Waals surface area contributed by atoms with Crippen LogP contribution in [0.5, 0.6) is 0 Å². The molecule has 19 heavy (non-hydrogen) atoms. The van der Waals surface area contributed by atoms with E-state index in [2.05, 4.69) is 4.72 Å². The minimum atomic E-state index is -3.96. The number of carboxylic acids is 1. The topological polar surface area (TPSA) is 104 Å². The second-order valence-electron chi connectivity index (χ2n) is 3.59. The molecule has 0 unspecified atom stereocenters. The SMILES string of the molecule is O=C(O)[C@@H](O)CCNS(=O)(=O)c1c(Cl)cccc1Cl. The van der Waals surface area contributed by atoms with Crippen LogP contribution in [0.25, 0.3) is 0 Å². The van der Waals surface area contributed by atoms with Crippen molar-refractivity contribution in [1.82, 2.24) is 4.72 Å². The van der Waals surface area contributed by atoms with E-state index in [9.17, 15) is 13.2 Å². The van der Waals surface area contributed by atoms with Gasteiger partial charge in [0.1, 0.15) is 4.90 Å². The zero-order valence-corrected chi connectivity index (χ0v) is 11.8. The molecule has 0 saturated carbocycles. The number of aliphatic carboxylic acids is 1. The van der Waals surface area contributed by atoms with Gasteiger partial charge >= 0.3 is 5.97 Å². The van der Waals surface area contributed by atoms with Crippen LogP contribution in [0.1, 0.15) is 6.42 Å². The predicted molar refractivity (Wildman–Crippen MR) is 69.9 cm³/mol. The molecular weight excluding hydrogens is 317 g/mol. The van der Waals surface area contributed by atoms with Crippen LogP contribution in [0.3, 0.4) is 0 Å². The molecule has 0 aromatic heterocycles. The highest BCUT2D eigenvalue weighted by atomic mass is 35.5. The smallest absolute Gasteiger partial charge is 0.332 e. The molecule has 1 aromatic rings. The number of sulfonamides is 1. The molecule has 106 valence electrons. The van der Waals surface area contributed by atoms with Crippen LogP contribution in [0, 0.1) is 0 Å². The van der Waals surface area contributed by atoms with Crippen molar-refractivity contribution in [2.45, 2.75) is 17.4 Å². The largest absolute Gasteiger partial charge is 0.479 e. The Hall–Kier alpha value is -0.860. The van der Waals surface area contributed by atoms with Crippen molar-refractivity contribution in [1.29, 1.82) is 0 Å². The standard InChI is InChI=1S/C10H11Cl2NO5S/c11-6-2-1-3-7(12)9(6)19(17,18)13-5-4-8(14)10(15)16/h1-3,8,13-14H,4-5H2,(H,15,16)/t8-/m0/s1. The first-order valence-corrected chi connectivity index (χ1v) is 7.34. The van der Waals surface area contributed by atoms with E-state index >= 15 is 0 Å². The van der Waals surface area contributed by atoms with Crippen molar-refractivity contribution in [3.63, 3.8) is 0 Å². The Balaban J connectivity index is 2.80. The minimum Gasteiger partial charge on any atom is -0.479 e. The number of nitrogens with one attached hydrogen (secondary N) is 1. The first-order chi connectivity index (χ1) is 8.75. The maximum atomic E-state index is 11.9. The highest BCUT2D eigenvalue weighted by Crippen LogP contribution is 2.28. The fraction of sp³-hybridized carbons (Fsp3) is 0.300. The summed E-state index contributed by atoms with van der Waals surface area (Å²) in [5.41, 5.74) is 0. The molecule has 0 radical (unpaired) electrons. The van der Waals surface area contributed by atoms with E-state index in [1.807, 2.05) is 0 Å². The first kappa shape index (κ1) is 16.2. The van der Waals surface area contributed by atoms with E-state index in [1.54, 1.807) is 0 Å². The number of hydrogen-bond donors (Lipinski definition) is 3. The lowest BCUT2D eigenvalue weighted by Crippen LogP contribution is -2.30. The number of hydrogen-bond acceptors (Lipinski definition) is 4. The normalized spacial score (nSPS) is 13.2. The van der Waals surface area contributed by atoms with Gasteiger partial charge in [-0.15, -0.1) is 0 Å². The third-order valence-corrected chi connectivity index (χ3v) is 4.60. The molecule has 0 bridgehead atoms. The summed E-state index contributed by atoms with van der Waals surface area (Å²) in [6.45, 7) is -0.253. The lowest BCUT2D eigenvalue weighted by atomic mass is 10.3. The maximum Gasteiger partial charge on any atom is 0.332 e. The Kier molecular flexibility index (Phi) is 5.57. The number of carbonyl (C=O) groups is 1. The number of aliphatic hydroxyl groups is 1. The molecule has 6 nitrogen and oxygen atoms in total. The van der Waals surface area contributed by atoms with Crippen molar-refractivity contribution in [3.05, 3.63) is 28.2 Å². The zero-order chi connectivity index (χ0) is 14.6. The molecule has 0 aliphatic rings. The van der Waals surface area contributed by atoms with Crippen molar-refractivity contribution >= 4 is 39.2 Å². The molecule has 1 rings (SSSR count). The summed E-state index contributed by atoms with van der Waals surface area (Å²) in [5.74, 6) is -1.42. The molecule has 1 aromatic carbocycles. The van der Waals surface area contributed by atoms with Gasteiger partial charge in [-0.25, -0.2) is 17.9 Å². The van der Waals surface area contributed by atoms with Crippen LogP contribution in [-0.4, -0.2) is 37.2 Å². The summed E-state index contributed by atoms with van der Waals surface area (Å²) in [7, 11) is -3.96. The molecule has 0 saturated heterocycles. The monoisotopic (exact) mass is 327 g/mol.